The van der Waals surface area contributed by atoms with Gasteiger partial charge in [-0.2, -0.15) is 5.10 Å². The molecule has 0 aliphatic rings. The van der Waals surface area contributed by atoms with E-state index in [4.69, 9.17) is 16.0 Å². The highest BCUT2D eigenvalue weighted by molar-refractivity contribution is 6.35. The molecule has 0 saturated carbocycles. The van der Waals surface area contributed by atoms with Crippen LogP contribution >= 0.6 is 11.6 Å². The molecule has 23 heavy (non-hydrogen) atoms. The maximum atomic E-state index is 11.7. The highest BCUT2D eigenvalue weighted by Crippen LogP contribution is 2.11. The van der Waals surface area contributed by atoms with Gasteiger partial charge in [0.25, 0.3) is 0 Å². The predicted octanol–water partition coefficient (Wildman–Crippen LogP) is 2.48. The zero-order valence-electron chi connectivity index (χ0n) is 12.5. The fourth-order valence-corrected chi connectivity index (χ4v) is 1.95. The topological polar surface area (TPSA) is 83.7 Å². The highest BCUT2D eigenvalue weighted by atomic mass is 35.5. The molecular formula is C16H16ClN3O3. The lowest BCUT2D eigenvalue weighted by atomic mass is 10.1. The third kappa shape index (κ3) is 4.96. The van der Waals surface area contributed by atoms with Crippen LogP contribution in [-0.2, 0) is 16.1 Å². The summed E-state index contributed by atoms with van der Waals surface area (Å²) >= 11 is 5.84. The van der Waals surface area contributed by atoms with Crippen molar-refractivity contribution in [1.82, 2.24) is 10.7 Å². The number of carbonyl (C=O) groups excluding carboxylic acids is 2. The molecule has 2 N–H and O–H groups in total. The molecule has 0 spiro atoms. The molecule has 6 nitrogen and oxygen atoms in total. The fourth-order valence-electron chi connectivity index (χ4n) is 1.82. The lowest BCUT2D eigenvalue weighted by Gasteiger charge is -2.06. The van der Waals surface area contributed by atoms with E-state index in [9.17, 15) is 9.59 Å². The van der Waals surface area contributed by atoms with Crippen LogP contribution in [-0.4, -0.2) is 17.5 Å². The Morgan fingerprint density at radius 1 is 1.17 bits per heavy atom. The minimum atomic E-state index is -0.837. The molecule has 2 rings (SSSR count). The van der Waals surface area contributed by atoms with E-state index in [0.717, 1.165) is 5.56 Å². The number of hydrazone groups is 1. The predicted molar refractivity (Wildman–Crippen MR) is 87.0 cm³/mol. The van der Waals surface area contributed by atoms with E-state index >= 15 is 0 Å². The molecule has 120 valence electrons. The second kappa shape index (κ2) is 8.14. The summed E-state index contributed by atoms with van der Waals surface area (Å²) in [5, 5.41) is 7.06. The van der Waals surface area contributed by atoms with Crippen LogP contribution in [0.25, 0.3) is 0 Å². The highest BCUT2D eigenvalue weighted by Gasteiger charge is 2.13. The summed E-state index contributed by atoms with van der Waals surface area (Å²) < 4.78 is 5.06. The van der Waals surface area contributed by atoms with Crippen molar-refractivity contribution >= 4 is 29.1 Å². The summed E-state index contributed by atoms with van der Waals surface area (Å²) in [6.07, 6.45) is 2.08. The number of hydrogen-bond acceptors (Lipinski definition) is 4. The van der Waals surface area contributed by atoms with Crippen molar-refractivity contribution < 1.29 is 14.0 Å². The molecule has 0 atom stereocenters. The van der Waals surface area contributed by atoms with Gasteiger partial charge in [0.1, 0.15) is 5.76 Å². The lowest BCUT2D eigenvalue weighted by molar-refractivity contribution is -0.139. The Hall–Kier alpha value is -2.60. The van der Waals surface area contributed by atoms with E-state index in [1.165, 1.54) is 6.26 Å². The number of benzene rings is 1. The van der Waals surface area contributed by atoms with E-state index in [1.807, 2.05) is 6.92 Å². The standard InChI is InChI=1S/C16H16ClN3O3/c1-2-14(11-5-7-12(17)8-6-11)19-20-16(22)15(21)18-10-13-4-3-9-23-13/h3-9H,2,10H2,1H3,(H,18,21)(H,20,22)/b19-14-. The van der Waals surface area contributed by atoms with Gasteiger partial charge in [-0.05, 0) is 36.2 Å². The summed E-state index contributed by atoms with van der Waals surface area (Å²) in [6, 6.07) is 10.5. The van der Waals surface area contributed by atoms with E-state index < -0.39 is 11.8 Å². The first-order chi connectivity index (χ1) is 11.1. The van der Waals surface area contributed by atoms with Crippen LogP contribution in [0.1, 0.15) is 24.7 Å². The minimum Gasteiger partial charge on any atom is -0.467 e. The van der Waals surface area contributed by atoms with Gasteiger partial charge in [-0.15, -0.1) is 0 Å². The van der Waals surface area contributed by atoms with Gasteiger partial charge in [0, 0.05) is 5.02 Å². The molecule has 1 aromatic carbocycles. The van der Waals surface area contributed by atoms with Crippen LogP contribution in [0, 0.1) is 0 Å². The van der Waals surface area contributed by atoms with E-state index in [0.29, 0.717) is 22.9 Å². The average Bonchev–Trinajstić information content (AvgIpc) is 3.08. The summed E-state index contributed by atoms with van der Waals surface area (Å²) in [6.45, 7) is 2.04. The van der Waals surface area contributed by atoms with Crippen LogP contribution in [0.15, 0.2) is 52.2 Å². The Kier molecular flexibility index (Phi) is 5.94. The van der Waals surface area contributed by atoms with Crippen molar-refractivity contribution in [2.24, 2.45) is 5.10 Å². The number of hydrogen-bond donors (Lipinski definition) is 2. The molecule has 2 aromatic rings. The van der Waals surface area contributed by atoms with E-state index in [1.54, 1.807) is 36.4 Å². The SMILES string of the molecule is CC/C(=N/NC(=O)C(=O)NCc1ccco1)c1ccc(Cl)cc1. The maximum absolute atomic E-state index is 11.7. The number of halogens is 1. The molecule has 0 radical (unpaired) electrons. The molecule has 0 aliphatic heterocycles. The second-order valence-electron chi connectivity index (χ2n) is 4.62. The average molecular weight is 334 g/mol. The van der Waals surface area contributed by atoms with Crippen molar-refractivity contribution in [3.05, 3.63) is 59.0 Å². The molecule has 0 aliphatic carbocycles. The number of nitrogens with one attached hydrogen (secondary N) is 2. The van der Waals surface area contributed by atoms with Gasteiger partial charge >= 0.3 is 11.8 Å². The number of carbonyl (C=O) groups is 2. The first-order valence-corrected chi connectivity index (χ1v) is 7.41. The number of nitrogens with zero attached hydrogens (tertiary/aromatic N) is 1. The zero-order chi connectivity index (χ0) is 16.7. The fraction of sp³-hybridized carbons (Fsp3) is 0.188. The second-order valence-corrected chi connectivity index (χ2v) is 5.06. The number of amides is 2. The van der Waals surface area contributed by atoms with E-state index in [-0.39, 0.29) is 6.54 Å². The monoisotopic (exact) mass is 333 g/mol. The Bertz CT molecular complexity index is 694. The molecule has 2 amide bonds. The van der Waals surface area contributed by atoms with Gasteiger partial charge in [0.05, 0.1) is 18.5 Å². The third-order valence-electron chi connectivity index (χ3n) is 3.01. The zero-order valence-corrected chi connectivity index (χ0v) is 13.3. The quantitative estimate of drug-likeness (QED) is 0.501. The smallest absolute Gasteiger partial charge is 0.329 e. The molecule has 0 fully saturated rings. The van der Waals surface area contributed by atoms with Gasteiger partial charge in [0.2, 0.25) is 0 Å². The molecular weight excluding hydrogens is 318 g/mol. The van der Waals surface area contributed by atoms with Crippen LogP contribution in [0.5, 0.6) is 0 Å². The third-order valence-corrected chi connectivity index (χ3v) is 3.27. The Labute approximate surface area is 138 Å². The molecule has 1 aromatic heterocycles. The van der Waals surface area contributed by atoms with Gasteiger partial charge in [-0.3, -0.25) is 9.59 Å². The van der Waals surface area contributed by atoms with Crippen LogP contribution in [0.2, 0.25) is 5.02 Å². The van der Waals surface area contributed by atoms with E-state index in [2.05, 4.69) is 15.8 Å². The van der Waals surface area contributed by atoms with Crippen molar-refractivity contribution in [2.75, 3.05) is 0 Å². The summed E-state index contributed by atoms with van der Waals surface area (Å²) in [5.74, 6) is -1.06. The van der Waals surface area contributed by atoms with Crippen molar-refractivity contribution in [2.45, 2.75) is 19.9 Å². The Morgan fingerprint density at radius 2 is 1.91 bits per heavy atom. The first kappa shape index (κ1) is 16.8. The molecule has 7 heteroatoms. The number of furan rings is 1. The number of rotatable bonds is 5. The van der Waals surface area contributed by atoms with Gasteiger partial charge in [-0.1, -0.05) is 30.7 Å². The van der Waals surface area contributed by atoms with Crippen LogP contribution in [0.4, 0.5) is 0 Å². The van der Waals surface area contributed by atoms with Crippen LogP contribution in [0.3, 0.4) is 0 Å². The Morgan fingerprint density at radius 3 is 2.52 bits per heavy atom. The van der Waals surface area contributed by atoms with Crippen molar-refractivity contribution in [1.29, 1.82) is 0 Å². The molecule has 0 unspecified atom stereocenters. The van der Waals surface area contributed by atoms with Gasteiger partial charge in [0.15, 0.2) is 0 Å². The maximum Gasteiger partial charge on any atom is 0.329 e. The normalized spacial score (nSPS) is 11.1. The minimum absolute atomic E-state index is 0.140. The summed E-state index contributed by atoms with van der Waals surface area (Å²) in [7, 11) is 0. The lowest BCUT2D eigenvalue weighted by Crippen LogP contribution is -2.37. The van der Waals surface area contributed by atoms with Gasteiger partial charge in [-0.25, -0.2) is 5.43 Å². The van der Waals surface area contributed by atoms with Crippen LogP contribution < -0.4 is 10.7 Å². The first-order valence-electron chi connectivity index (χ1n) is 7.03. The largest absolute Gasteiger partial charge is 0.467 e. The summed E-state index contributed by atoms with van der Waals surface area (Å²) in [5.41, 5.74) is 3.72. The van der Waals surface area contributed by atoms with Crippen molar-refractivity contribution in [3.63, 3.8) is 0 Å². The van der Waals surface area contributed by atoms with Gasteiger partial charge < -0.3 is 9.73 Å². The molecule has 1 heterocycles. The molecule has 0 bridgehead atoms. The van der Waals surface area contributed by atoms with Crippen molar-refractivity contribution in [3.8, 4) is 0 Å². The summed E-state index contributed by atoms with van der Waals surface area (Å²) in [4.78, 5) is 23.4. The molecule has 0 saturated heterocycles. The Balaban J connectivity index is 1.92.